The summed E-state index contributed by atoms with van der Waals surface area (Å²) in [4.78, 5) is 15.1. The van der Waals surface area contributed by atoms with Crippen LogP contribution >= 0.6 is 0 Å². The molecule has 3 rings (SSSR count). The van der Waals surface area contributed by atoms with Crippen LogP contribution in [0.4, 0.5) is 4.39 Å². The van der Waals surface area contributed by atoms with E-state index in [0.717, 1.165) is 16.8 Å². The molecule has 1 aromatic heterocycles. The fourth-order valence-corrected chi connectivity index (χ4v) is 3.17. The number of carbonyl (C=O) groups is 1. The Kier molecular flexibility index (Phi) is 5.42. The zero-order valence-electron chi connectivity index (χ0n) is 13.9. The van der Waals surface area contributed by atoms with Crippen LogP contribution in [-0.4, -0.2) is 69.8 Å². The summed E-state index contributed by atoms with van der Waals surface area (Å²) in [6.07, 6.45) is 1.19. The fourth-order valence-electron chi connectivity index (χ4n) is 3.17. The minimum absolute atomic E-state index is 0.150. The Morgan fingerprint density at radius 1 is 1.28 bits per heavy atom. The van der Waals surface area contributed by atoms with Crippen molar-refractivity contribution in [3.05, 3.63) is 41.8 Å². The Bertz CT molecular complexity index is 718. The van der Waals surface area contributed by atoms with Crippen molar-refractivity contribution in [2.45, 2.75) is 12.6 Å². The van der Waals surface area contributed by atoms with Crippen molar-refractivity contribution in [1.29, 1.82) is 0 Å². The first kappa shape index (κ1) is 17.5. The Morgan fingerprint density at radius 3 is 2.68 bits per heavy atom. The van der Waals surface area contributed by atoms with E-state index in [1.165, 1.54) is 12.1 Å². The van der Waals surface area contributed by atoms with Gasteiger partial charge < -0.3 is 10.8 Å². The summed E-state index contributed by atoms with van der Waals surface area (Å²) in [5.41, 5.74) is 7.92. The monoisotopic (exact) mass is 347 g/mol. The van der Waals surface area contributed by atoms with Crippen molar-refractivity contribution in [2.24, 2.45) is 5.73 Å². The third-order valence-corrected chi connectivity index (χ3v) is 4.29. The highest BCUT2D eigenvalue weighted by atomic mass is 19.1. The number of aliphatic hydroxyl groups excluding tert-OH is 1. The summed E-state index contributed by atoms with van der Waals surface area (Å²) in [5.74, 6) is -0.677. The van der Waals surface area contributed by atoms with Gasteiger partial charge in [0.05, 0.1) is 24.5 Å². The number of aliphatic hydroxyl groups is 1. The Labute approximate surface area is 145 Å². The van der Waals surface area contributed by atoms with E-state index >= 15 is 0 Å². The second-order valence-corrected chi connectivity index (χ2v) is 6.37. The summed E-state index contributed by atoms with van der Waals surface area (Å²) < 4.78 is 13.1. The molecule has 0 bridgehead atoms. The minimum Gasteiger partial charge on any atom is -0.390 e. The number of nitrogens with two attached hydrogens (primary N) is 1. The van der Waals surface area contributed by atoms with Crippen molar-refractivity contribution in [3.8, 4) is 11.3 Å². The topological polar surface area (TPSA) is 98.5 Å². The number of rotatable bonds is 5. The lowest BCUT2D eigenvalue weighted by Gasteiger charge is -2.21. The van der Waals surface area contributed by atoms with Crippen LogP contribution in [0.1, 0.15) is 5.56 Å². The van der Waals surface area contributed by atoms with Gasteiger partial charge in [-0.3, -0.25) is 19.7 Å². The van der Waals surface area contributed by atoms with Crippen molar-refractivity contribution < 1.29 is 14.3 Å². The number of nitrogens with one attached hydrogen (secondary N) is 1. The molecule has 1 amide bonds. The van der Waals surface area contributed by atoms with E-state index in [1.54, 1.807) is 18.3 Å². The molecule has 1 atom stereocenters. The van der Waals surface area contributed by atoms with E-state index in [-0.39, 0.29) is 12.4 Å². The van der Waals surface area contributed by atoms with Gasteiger partial charge in [0.2, 0.25) is 5.91 Å². The van der Waals surface area contributed by atoms with Crippen LogP contribution in [0.2, 0.25) is 0 Å². The molecule has 8 heteroatoms. The number of halogens is 1. The van der Waals surface area contributed by atoms with Crippen LogP contribution in [0, 0.1) is 5.82 Å². The molecule has 134 valence electrons. The smallest absolute Gasteiger partial charge is 0.231 e. The molecule has 1 aliphatic rings. The maximum Gasteiger partial charge on any atom is 0.231 e. The molecule has 1 unspecified atom stereocenters. The second-order valence-electron chi connectivity index (χ2n) is 6.37. The third kappa shape index (κ3) is 4.62. The molecule has 0 aliphatic carbocycles. The molecule has 2 aromatic rings. The number of H-pyrrole nitrogens is 1. The Balaban J connectivity index is 1.69. The van der Waals surface area contributed by atoms with Gasteiger partial charge in [-0.2, -0.15) is 5.10 Å². The SMILES string of the molecule is NC(=O)CN1CCN(Cc2cn[nH]c2-c2ccc(F)cc2)CC(O)C1. The number of benzene rings is 1. The van der Waals surface area contributed by atoms with Crippen molar-refractivity contribution >= 4 is 5.91 Å². The summed E-state index contributed by atoms with van der Waals surface area (Å²) >= 11 is 0. The van der Waals surface area contributed by atoms with Gasteiger partial charge in [-0.25, -0.2) is 4.39 Å². The lowest BCUT2D eigenvalue weighted by molar-refractivity contribution is -0.119. The van der Waals surface area contributed by atoms with Crippen LogP contribution < -0.4 is 5.73 Å². The fraction of sp³-hybridized carbons (Fsp3) is 0.412. The molecular weight excluding hydrogens is 325 g/mol. The third-order valence-electron chi connectivity index (χ3n) is 4.29. The second kappa shape index (κ2) is 7.73. The zero-order chi connectivity index (χ0) is 17.8. The lowest BCUT2D eigenvalue weighted by Crippen LogP contribution is -2.38. The molecule has 25 heavy (non-hydrogen) atoms. The maximum absolute atomic E-state index is 13.1. The first-order valence-electron chi connectivity index (χ1n) is 8.20. The molecule has 0 radical (unpaired) electrons. The van der Waals surface area contributed by atoms with Crippen molar-refractivity contribution in [3.63, 3.8) is 0 Å². The van der Waals surface area contributed by atoms with Crippen molar-refractivity contribution in [2.75, 3.05) is 32.7 Å². The van der Waals surface area contributed by atoms with E-state index in [1.807, 2.05) is 4.90 Å². The molecular formula is C17H22FN5O2. The average molecular weight is 347 g/mol. The van der Waals surface area contributed by atoms with Gasteiger partial charge in [-0.05, 0) is 24.3 Å². The van der Waals surface area contributed by atoms with E-state index in [0.29, 0.717) is 32.7 Å². The van der Waals surface area contributed by atoms with Gasteiger partial charge in [0.1, 0.15) is 5.82 Å². The van der Waals surface area contributed by atoms with Gasteiger partial charge in [-0.15, -0.1) is 0 Å². The summed E-state index contributed by atoms with van der Waals surface area (Å²) in [7, 11) is 0. The molecule has 4 N–H and O–H groups in total. The number of amides is 1. The highest BCUT2D eigenvalue weighted by molar-refractivity contribution is 5.75. The number of aromatic amines is 1. The van der Waals surface area contributed by atoms with E-state index < -0.39 is 12.0 Å². The average Bonchev–Trinajstić information content (AvgIpc) is 2.93. The number of aromatic nitrogens is 2. The molecule has 0 saturated carbocycles. The van der Waals surface area contributed by atoms with Crippen LogP contribution in [-0.2, 0) is 11.3 Å². The summed E-state index contributed by atoms with van der Waals surface area (Å²) in [6.45, 7) is 3.04. The van der Waals surface area contributed by atoms with Gasteiger partial charge in [-0.1, -0.05) is 0 Å². The first-order chi connectivity index (χ1) is 12.0. The molecule has 1 saturated heterocycles. The molecule has 1 aromatic carbocycles. The standard InChI is InChI=1S/C17H22FN5O2/c18-14-3-1-12(2-4-14)17-13(7-20-21-17)8-22-5-6-23(11-16(19)25)10-15(24)9-22/h1-4,7,15,24H,5-6,8-11H2,(H2,19,25)(H,20,21). The molecule has 7 nitrogen and oxygen atoms in total. The maximum atomic E-state index is 13.1. The largest absolute Gasteiger partial charge is 0.390 e. The quantitative estimate of drug-likeness (QED) is 0.717. The first-order valence-corrected chi connectivity index (χ1v) is 8.20. The Morgan fingerprint density at radius 2 is 1.96 bits per heavy atom. The normalized spacial score (nSPS) is 19.7. The lowest BCUT2D eigenvalue weighted by atomic mass is 10.1. The van der Waals surface area contributed by atoms with Crippen LogP contribution in [0.5, 0.6) is 0 Å². The highest BCUT2D eigenvalue weighted by Crippen LogP contribution is 2.23. The number of hydrogen-bond donors (Lipinski definition) is 3. The van der Waals surface area contributed by atoms with E-state index in [2.05, 4.69) is 15.1 Å². The molecule has 2 heterocycles. The number of β-amino-alcohol motifs (C(OH)–C–C–N with tert-alkyl or cyclic N) is 1. The zero-order valence-corrected chi connectivity index (χ0v) is 13.9. The molecule has 1 fully saturated rings. The van der Waals surface area contributed by atoms with Gasteiger partial charge in [0.15, 0.2) is 0 Å². The van der Waals surface area contributed by atoms with Crippen LogP contribution in [0.25, 0.3) is 11.3 Å². The van der Waals surface area contributed by atoms with Gasteiger partial charge >= 0.3 is 0 Å². The van der Waals surface area contributed by atoms with Crippen LogP contribution in [0.15, 0.2) is 30.5 Å². The molecule has 0 spiro atoms. The Hall–Kier alpha value is -2.29. The highest BCUT2D eigenvalue weighted by Gasteiger charge is 2.23. The number of nitrogens with zero attached hydrogens (tertiary/aromatic N) is 3. The number of hydrogen-bond acceptors (Lipinski definition) is 5. The van der Waals surface area contributed by atoms with Crippen molar-refractivity contribution in [1.82, 2.24) is 20.0 Å². The summed E-state index contributed by atoms with van der Waals surface area (Å²) in [5, 5.41) is 17.3. The summed E-state index contributed by atoms with van der Waals surface area (Å²) in [6, 6.07) is 6.24. The predicted molar refractivity (Wildman–Crippen MR) is 90.9 cm³/mol. The minimum atomic E-state index is -0.553. The van der Waals surface area contributed by atoms with E-state index in [4.69, 9.17) is 5.73 Å². The molecule has 1 aliphatic heterocycles. The predicted octanol–water partition coefficient (Wildman–Crippen LogP) is 0.180. The van der Waals surface area contributed by atoms with Gasteiger partial charge in [0.25, 0.3) is 0 Å². The van der Waals surface area contributed by atoms with E-state index in [9.17, 15) is 14.3 Å². The number of primary amides is 1. The number of carbonyl (C=O) groups excluding carboxylic acids is 1. The van der Waals surface area contributed by atoms with Gasteiger partial charge in [0, 0.05) is 43.9 Å². The van der Waals surface area contributed by atoms with Crippen LogP contribution in [0.3, 0.4) is 0 Å².